The Morgan fingerprint density at radius 3 is 1.88 bits per heavy atom. The van der Waals surface area contributed by atoms with Gasteiger partial charge in [0.05, 0.1) is 5.56 Å². The number of esters is 1. The molecule has 0 N–H and O–H groups in total. The molecule has 0 aliphatic carbocycles. The Balaban J connectivity index is 2.08. The highest BCUT2D eigenvalue weighted by Gasteiger charge is 2.20. The molecule has 0 bridgehead atoms. The van der Waals surface area contributed by atoms with E-state index in [-0.39, 0.29) is 17.3 Å². The molecule has 2 rings (SSSR count). The van der Waals surface area contributed by atoms with Crippen LogP contribution in [-0.2, 0) is 9.53 Å². The molecule has 1 atom stereocenters. The third-order valence-electron chi connectivity index (χ3n) is 3.49. The molecule has 2 aromatic rings. The van der Waals surface area contributed by atoms with E-state index in [4.69, 9.17) is 4.74 Å². The second-order valence-corrected chi connectivity index (χ2v) is 5.55. The normalized spacial score (nSPS) is 11.5. The van der Waals surface area contributed by atoms with Crippen molar-refractivity contribution in [2.75, 3.05) is 14.1 Å². The van der Waals surface area contributed by atoms with Gasteiger partial charge in [0.2, 0.25) is 0 Å². The minimum absolute atomic E-state index is 0.119. The van der Waals surface area contributed by atoms with Gasteiger partial charge in [0.25, 0.3) is 5.91 Å². The summed E-state index contributed by atoms with van der Waals surface area (Å²) in [5.41, 5.74) is 1.35. The smallest absolute Gasteiger partial charge is 0.338 e. The maximum absolute atomic E-state index is 12.3. The Labute approximate surface area is 140 Å². The van der Waals surface area contributed by atoms with E-state index < -0.39 is 12.1 Å². The third-order valence-corrected chi connectivity index (χ3v) is 3.49. The summed E-state index contributed by atoms with van der Waals surface area (Å²) < 4.78 is 5.13. The molecular formula is C19H19NO4. The lowest BCUT2D eigenvalue weighted by molar-refractivity contribution is -0.137. The molecule has 0 unspecified atom stereocenters. The Morgan fingerprint density at radius 2 is 1.33 bits per heavy atom. The molecule has 0 saturated carbocycles. The summed E-state index contributed by atoms with van der Waals surface area (Å²) >= 11 is 0. The lowest BCUT2D eigenvalue weighted by Crippen LogP contribution is -2.34. The highest BCUT2D eigenvalue weighted by molar-refractivity contribution is 6.09. The number of carbonyl (C=O) groups is 3. The van der Waals surface area contributed by atoms with Crippen molar-refractivity contribution < 1.29 is 19.1 Å². The average molecular weight is 325 g/mol. The van der Waals surface area contributed by atoms with E-state index in [1.54, 1.807) is 50.5 Å². The van der Waals surface area contributed by atoms with Crippen LogP contribution < -0.4 is 0 Å². The maximum Gasteiger partial charge on any atom is 0.338 e. The average Bonchev–Trinajstić information content (AvgIpc) is 2.61. The van der Waals surface area contributed by atoms with Crippen LogP contribution >= 0.6 is 0 Å². The largest absolute Gasteiger partial charge is 0.449 e. The SMILES string of the molecule is C[C@H](OC(=O)c1ccc(C(=O)c2ccccc2)cc1)C(=O)N(C)C. The molecule has 24 heavy (non-hydrogen) atoms. The fraction of sp³-hybridized carbons (Fsp3) is 0.211. The summed E-state index contributed by atoms with van der Waals surface area (Å²) in [7, 11) is 3.19. The number of hydrogen-bond acceptors (Lipinski definition) is 4. The van der Waals surface area contributed by atoms with Crippen molar-refractivity contribution in [3.05, 3.63) is 71.3 Å². The fourth-order valence-corrected chi connectivity index (χ4v) is 2.16. The van der Waals surface area contributed by atoms with Gasteiger partial charge in [-0.25, -0.2) is 4.79 Å². The van der Waals surface area contributed by atoms with Crippen LogP contribution in [0.2, 0.25) is 0 Å². The van der Waals surface area contributed by atoms with Gasteiger partial charge in [-0.05, 0) is 19.1 Å². The molecule has 0 spiro atoms. The minimum Gasteiger partial charge on any atom is -0.449 e. The third kappa shape index (κ3) is 4.07. The molecule has 5 nitrogen and oxygen atoms in total. The molecule has 0 aliphatic rings. The number of hydrogen-bond donors (Lipinski definition) is 0. The molecule has 0 fully saturated rings. The lowest BCUT2D eigenvalue weighted by atomic mass is 10.0. The first kappa shape index (κ1) is 17.4. The highest BCUT2D eigenvalue weighted by Crippen LogP contribution is 2.12. The fourth-order valence-electron chi connectivity index (χ4n) is 2.16. The lowest BCUT2D eigenvalue weighted by Gasteiger charge is -2.17. The molecule has 0 saturated heterocycles. The van der Waals surface area contributed by atoms with Crippen LogP contribution in [0.25, 0.3) is 0 Å². The summed E-state index contributed by atoms with van der Waals surface area (Å²) in [6.45, 7) is 1.52. The summed E-state index contributed by atoms with van der Waals surface area (Å²) in [6, 6.07) is 15.1. The number of amides is 1. The van der Waals surface area contributed by atoms with E-state index in [0.29, 0.717) is 11.1 Å². The summed E-state index contributed by atoms with van der Waals surface area (Å²) in [4.78, 5) is 37.4. The van der Waals surface area contributed by atoms with Gasteiger partial charge in [0, 0.05) is 25.2 Å². The van der Waals surface area contributed by atoms with Crippen LogP contribution in [0.5, 0.6) is 0 Å². The topological polar surface area (TPSA) is 63.7 Å². The van der Waals surface area contributed by atoms with Crippen molar-refractivity contribution in [1.29, 1.82) is 0 Å². The van der Waals surface area contributed by atoms with Gasteiger partial charge in [-0.15, -0.1) is 0 Å². The summed E-state index contributed by atoms with van der Waals surface area (Å²) in [6.07, 6.45) is -0.863. The van der Waals surface area contributed by atoms with Gasteiger partial charge in [-0.3, -0.25) is 9.59 Å². The molecule has 0 aromatic heterocycles. The first-order chi connectivity index (χ1) is 11.4. The predicted octanol–water partition coefficient (Wildman–Crippen LogP) is 2.55. The van der Waals surface area contributed by atoms with E-state index in [1.807, 2.05) is 6.07 Å². The Bertz CT molecular complexity index is 736. The standard InChI is InChI=1S/C19H19NO4/c1-13(18(22)20(2)3)24-19(23)16-11-9-15(10-12-16)17(21)14-7-5-4-6-8-14/h4-13H,1-3H3/t13-/m0/s1. The van der Waals surface area contributed by atoms with Gasteiger partial charge in [0.15, 0.2) is 11.9 Å². The number of benzene rings is 2. The molecule has 0 aliphatic heterocycles. The Morgan fingerprint density at radius 1 is 0.833 bits per heavy atom. The Hall–Kier alpha value is -2.95. The molecule has 5 heteroatoms. The van der Waals surface area contributed by atoms with Gasteiger partial charge >= 0.3 is 5.97 Å². The van der Waals surface area contributed by atoms with Crippen LogP contribution in [0.15, 0.2) is 54.6 Å². The van der Waals surface area contributed by atoms with Crippen molar-refractivity contribution in [3.8, 4) is 0 Å². The zero-order chi connectivity index (χ0) is 17.7. The first-order valence-electron chi connectivity index (χ1n) is 7.52. The van der Waals surface area contributed by atoms with Gasteiger partial charge in [0.1, 0.15) is 0 Å². The van der Waals surface area contributed by atoms with Gasteiger partial charge < -0.3 is 9.64 Å². The van der Waals surface area contributed by atoms with E-state index in [0.717, 1.165) is 0 Å². The monoisotopic (exact) mass is 325 g/mol. The van der Waals surface area contributed by atoms with Crippen molar-refractivity contribution in [3.63, 3.8) is 0 Å². The molecular weight excluding hydrogens is 306 g/mol. The number of ketones is 1. The highest BCUT2D eigenvalue weighted by atomic mass is 16.5. The molecule has 1 amide bonds. The van der Waals surface area contributed by atoms with Crippen molar-refractivity contribution in [2.45, 2.75) is 13.0 Å². The van der Waals surface area contributed by atoms with Crippen LogP contribution in [0.3, 0.4) is 0 Å². The van der Waals surface area contributed by atoms with Gasteiger partial charge in [-0.1, -0.05) is 42.5 Å². The molecule has 0 heterocycles. The zero-order valence-corrected chi connectivity index (χ0v) is 13.9. The van der Waals surface area contributed by atoms with E-state index in [9.17, 15) is 14.4 Å². The second kappa shape index (κ2) is 7.55. The Kier molecular flexibility index (Phi) is 5.47. The van der Waals surface area contributed by atoms with Crippen LogP contribution in [0.1, 0.15) is 33.2 Å². The quantitative estimate of drug-likeness (QED) is 0.626. The summed E-state index contributed by atoms with van der Waals surface area (Å²) in [5, 5.41) is 0. The predicted molar refractivity (Wildman–Crippen MR) is 89.9 cm³/mol. The first-order valence-corrected chi connectivity index (χ1v) is 7.52. The van der Waals surface area contributed by atoms with Crippen molar-refractivity contribution in [2.24, 2.45) is 0 Å². The van der Waals surface area contributed by atoms with Gasteiger partial charge in [-0.2, -0.15) is 0 Å². The van der Waals surface area contributed by atoms with Crippen LogP contribution in [0.4, 0.5) is 0 Å². The second-order valence-electron chi connectivity index (χ2n) is 5.55. The molecule has 0 radical (unpaired) electrons. The van der Waals surface area contributed by atoms with Crippen molar-refractivity contribution >= 4 is 17.7 Å². The summed E-state index contributed by atoms with van der Waals surface area (Å²) in [5.74, 6) is -1.01. The number of nitrogens with zero attached hydrogens (tertiary/aromatic N) is 1. The van der Waals surface area contributed by atoms with Crippen molar-refractivity contribution in [1.82, 2.24) is 4.90 Å². The van der Waals surface area contributed by atoms with E-state index >= 15 is 0 Å². The minimum atomic E-state index is -0.863. The molecule has 124 valence electrons. The maximum atomic E-state index is 12.3. The number of likely N-dealkylation sites (N-methyl/N-ethyl adjacent to an activating group) is 1. The number of carbonyl (C=O) groups excluding carboxylic acids is 3. The number of rotatable bonds is 5. The zero-order valence-electron chi connectivity index (χ0n) is 13.9. The van der Waals surface area contributed by atoms with E-state index in [1.165, 1.54) is 24.0 Å². The van der Waals surface area contributed by atoms with E-state index in [2.05, 4.69) is 0 Å². The number of ether oxygens (including phenoxy) is 1. The molecule has 2 aromatic carbocycles. The van der Waals surface area contributed by atoms with Crippen LogP contribution in [0, 0.1) is 0 Å². The van der Waals surface area contributed by atoms with Crippen LogP contribution in [-0.4, -0.2) is 42.8 Å².